The summed E-state index contributed by atoms with van der Waals surface area (Å²) in [4.78, 5) is 16.5. The number of aromatic nitrogens is 1. The third-order valence-corrected chi connectivity index (χ3v) is 5.74. The SMILES string of the molecule is Cc1ccc(S(=O)(=O)NCC(=O)Nc2cc3ccccc3c(Br)n2)cc1. The molecular formula is C18H16BrN3O3S. The fourth-order valence-corrected chi connectivity index (χ4v) is 3.90. The number of sulfonamides is 1. The number of nitrogens with zero attached hydrogens (tertiary/aromatic N) is 1. The Labute approximate surface area is 159 Å². The van der Waals surface area contributed by atoms with Gasteiger partial charge >= 0.3 is 0 Å². The predicted octanol–water partition coefficient (Wildman–Crippen LogP) is 3.22. The van der Waals surface area contributed by atoms with Crippen LogP contribution in [0.25, 0.3) is 10.8 Å². The first-order valence-corrected chi connectivity index (χ1v) is 10.0. The van der Waals surface area contributed by atoms with Crippen LogP contribution in [0, 0.1) is 6.92 Å². The molecule has 0 saturated carbocycles. The molecule has 6 nitrogen and oxygen atoms in total. The fraction of sp³-hybridized carbons (Fsp3) is 0.111. The minimum absolute atomic E-state index is 0.113. The van der Waals surface area contributed by atoms with Crippen molar-refractivity contribution in [1.29, 1.82) is 0 Å². The molecule has 134 valence electrons. The lowest BCUT2D eigenvalue weighted by Gasteiger charge is -2.09. The molecule has 0 fully saturated rings. The molecule has 26 heavy (non-hydrogen) atoms. The van der Waals surface area contributed by atoms with Gasteiger partial charge < -0.3 is 5.32 Å². The normalized spacial score (nSPS) is 11.5. The molecule has 1 heterocycles. The number of hydrogen-bond donors (Lipinski definition) is 2. The molecule has 8 heteroatoms. The summed E-state index contributed by atoms with van der Waals surface area (Å²) in [5, 5.41) is 4.43. The lowest BCUT2D eigenvalue weighted by atomic mass is 10.2. The Hall–Kier alpha value is -2.29. The summed E-state index contributed by atoms with van der Waals surface area (Å²) in [5.41, 5.74) is 0.953. The van der Waals surface area contributed by atoms with E-state index in [2.05, 4.69) is 31.0 Å². The Kier molecular flexibility index (Phi) is 5.36. The van der Waals surface area contributed by atoms with E-state index in [9.17, 15) is 13.2 Å². The van der Waals surface area contributed by atoms with Gasteiger partial charge in [-0.1, -0.05) is 42.0 Å². The van der Waals surface area contributed by atoms with Gasteiger partial charge in [-0.25, -0.2) is 18.1 Å². The van der Waals surface area contributed by atoms with Crippen molar-refractivity contribution < 1.29 is 13.2 Å². The zero-order valence-electron chi connectivity index (χ0n) is 13.9. The van der Waals surface area contributed by atoms with E-state index < -0.39 is 15.9 Å². The highest BCUT2D eigenvalue weighted by atomic mass is 79.9. The van der Waals surface area contributed by atoms with E-state index in [0.29, 0.717) is 10.4 Å². The van der Waals surface area contributed by atoms with Crippen molar-refractivity contribution in [3.8, 4) is 0 Å². The van der Waals surface area contributed by atoms with Crippen molar-refractivity contribution in [2.24, 2.45) is 0 Å². The summed E-state index contributed by atoms with van der Waals surface area (Å²) in [6, 6.07) is 15.7. The number of halogens is 1. The van der Waals surface area contributed by atoms with Crippen molar-refractivity contribution in [1.82, 2.24) is 9.71 Å². The van der Waals surface area contributed by atoms with E-state index in [1.165, 1.54) is 12.1 Å². The van der Waals surface area contributed by atoms with Crippen molar-refractivity contribution in [3.63, 3.8) is 0 Å². The molecule has 0 aliphatic heterocycles. The first kappa shape index (κ1) is 18.5. The number of hydrogen-bond acceptors (Lipinski definition) is 4. The van der Waals surface area contributed by atoms with Crippen LogP contribution in [-0.2, 0) is 14.8 Å². The Bertz CT molecular complexity index is 1070. The van der Waals surface area contributed by atoms with Crippen LogP contribution in [-0.4, -0.2) is 25.9 Å². The summed E-state index contributed by atoms with van der Waals surface area (Å²) in [6.07, 6.45) is 0. The molecule has 0 unspecified atom stereocenters. The van der Waals surface area contributed by atoms with E-state index >= 15 is 0 Å². The van der Waals surface area contributed by atoms with Gasteiger partial charge in [0.15, 0.2) is 0 Å². The summed E-state index contributed by atoms with van der Waals surface area (Å²) < 4.78 is 27.3. The minimum Gasteiger partial charge on any atom is -0.309 e. The molecule has 0 bridgehead atoms. The highest BCUT2D eigenvalue weighted by Crippen LogP contribution is 2.24. The van der Waals surface area contributed by atoms with Crippen LogP contribution in [0.3, 0.4) is 0 Å². The number of amides is 1. The number of pyridine rings is 1. The maximum atomic E-state index is 12.2. The maximum absolute atomic E-state index is 12.2. The van der Waals surface area contributed by atoms with Gasteiger partial charge in [-0.15, -0.1) is 0 Å². The van der Waals surface area contributed by atoms with Crippen molar-refractivity contribution >= 4 is 48.5 Å². The molecule has 2 aromatic carbocycles. The molecule has 3 aromatic rings. The molecule has 0 spiro atoms. The minimum atomic E-state index is -3.75. The van der Waals surface area contributed by atoms with Crippen LogP contribution in [0.4, 0.5) is 5.82 Å². The number of nitrogens with one attached hydrogen (secondary N) is 2. The van der Waals surface area contributed by atoms with Crippen LogP contribution in [0.1, 0.15) is 5.56 Å². The smallest absolute Gasteiger partial charge is 0.241 e. The average molecular weight is 434 g/mol. The highest BCUT2D eigenvalue weighted by Gasteiger charge is 2.15. The third kappa shape index (κ3) is 4.27. The Balaban J connectivity index is 1.68. The van der Waals surface area contributed by atoms with Crippen LogP contribution >= 0.6 is 15.9 Å². The Morgan fingerprint density at radius 3 is 2.54 bits per heavy atom. The van der Waals surface area contributed by atoms with E-state index in [4.69, 9.17) is 0 Å². The van der Waals surface area contributed by atoms with Gasteiger partial charge in [-0.2, -0.15) is 0 Å². The molecule has 0 aliphatic carbocycles. The second kappa shape index (κ2) is 7.53. The summed E-state index contributed by atoms with van der Waals surface area (Å²) in [6.45, 7) is 1.48. The standard InChI is InChI=1S/C18H16BrN3O3S/c1-12-6-8-14(9-7-12)26(24,25)20-11-17(23)21-16-10-13-4-2-3-5-15(13)18(19)22-16/h2-10,20H,11H2,1H3,(H,21,22,23). The molecule has 1 amide bonds. The number of fused-ring (bicyclic) bond motifs is 1. The van der Waals surface area contributed by atoms with Gasteiger partial charge in [-0.05, 0) is 46.4 Å². The van der Waals surface area contributed by atoms with E-state index in [-0.39, 0.29) is 11.4 Å². The lowest BCUT2D eigenvalue weighted by molar-refractivity contribution is -0.115. The topological polar surface area (TPSA) is 88.2 Å². The monoisotopic (exact) mass is 433 g/mol. The van der Waals surface area contributed by atoms with Crippen LogP contribution in [0.15, 0.2) is 64.1 Å². The second-order valence-electron chi connectivity index (χ2n) is 5.71. The molecular weight excluding hydrogens is 418 g/mol. The largest absolute Gasteiger partial charge is 0.309 e. The van der Waals surface area contributed by atoms with Gasteiger partial charge in [0, 0.05) is 5.39 Å². The molecule has 3 rings (SSSR count). The van der Waals surface area contributed by atoms with Crippen molar-refractivity contribution in [3.05, 3.63) is 64.8 Å². The van der Waals surface area contributed by atoms with Crippen molar-refractivity contribution in [2.75, 3.05) is 11.9 Å². The van der Waals surface area contributed by atoms with Gasteiger partial charge in [-0.3, -0.25) is 4.79 Å². The number of anilines is 1. The van der Waals surface area contributed by atoms with Gasteiger partial charge in [0.25, 0.3) is 0 Å². The summed E-state index contributed by atoms with van der Waals surface area (Å²) in [7, 11) is -3.75. The van der Waals surface area contributed by atoms with Crippen LogP contribution in [0.5, 0.6) is 0 Å². The van der Waals surface area contributed by atoms with Crippen LogP contribution in [0.2, 0.25) is 0 Å². The number of carbonyl (C=O) groups excluding carboxylic acids is 1. The molecule has 0 aliphatic rings. The number of aryl methyl sites for hydroxylation is 1. The zero-order valence-corrected chi connectivity index (χ0v) is 16.3. The van der Waals surface area contributed by atoms with E-state index in [1.54, 1.807) is 18.2 Å². The molecule has 1 aromatic heterocycles. The van der Waals surface area contributed by atoms with Gasteiger partial charge in [0.1, 0.15) is 10.4 Å². The number of benzene rings is 2. The average Bonchev–Trinajstić information content (AvgIpc) is 2.60. The molecule has 2 N–H and O–H groups in total. The summed E-state index contributed by atoms with van der Waals surface area (Å²) in [5.74, 6) is -0.162. The maximum Gasteiger partial charge on any atom is 0.241 e. The van der Waals surface area contributed by atoms with E-state index in [1.807, 2.05) is 31.2 Å². The Morgan fingerprint density at radius 2 is 1.81 bits per heavy atom. The number of rotatable bonds is 5. The van der Waals surface area contributed by atoms with Crippen LogP contribution < -0.4 is 10.0 Å². The third-order valence-electron chi connectivity index (χ3n) is 3.72. The molecule has 0 atom stereocenters. The zero-order chi connectivity index (χ0) is 18.7. The quantitative estimate of drug-likeness (QED) is 0.604. The second-order valence-corrected chi connectivity index (χ2v) is 8.22. The van der Waals surface area contributed by atoms with Gasteiger partial charge in [0.2, 0.25) is 15.9 Å². The lowest BCUT2D eigenvalue weighted by Crippen LogP contribution is -2.33. The number of carbonyl (C=O) groups is 1. The fourth-order valence-electron chi connectivity index (χ4n) is 2.37. The van der Waals surface area contributed by atoms with Crippen molar-refractivity contribution in [2.45, 2.75) is 11.8 Å². The first-order valence-electron chi connectivity index (χ1n) is 7.77. The molecule has 0 radical (unpaired) electrons. The van der Waals surface area contributed by atoms with E-state index in [0.717, 1.165) is 16.3 Å². The summed E-state index contributed by atoms with van der Waals surface area (Å²) >= 11 is 3.37. The van der Waals surface area contributed by atoms with Gasteiger partial charge in [0.05, 0.1) is 11.4 Å². The highest BCUT2D eigenvalue weighted by molar-refractivity contribution is 9.10. The first-order chi connectivity index (χ1) is 12.3. The molecule has 0 saturated heterocycles. The predicted molar refractivity (Wildman–Crippen MR) is 104 cm³/mol. The Morgan fingerprint density at radius 1 is 1.12 bits per heavy atom.